The third-order valence-corrected chi connectivity index (χ3v) is 5.63. The summed E-state index contributed by atoms with van der Waals surface area (Å²) >= 11 is 0. The molecule has 0 fully saturated rings. The van der Waals surface area contributed by atoms with Gasteiger partial charge in [-0.05, 0) is 80.3 Å². The summed E-state index contributed by atoms with van der Waals surface area (Å²) in [5.74, 6) is 0.856. The standard InChI is InChI=1S/C27H34N4O2/c1-3-31(4-2)27(32)25-8-10-26(11-9-25)33-20-6-18-30(22-24-12-16-28-17-13-24)19-14-23-7-5-15-29-21-23/h5,7-13,15-17,21H,3-4,6,14,18-20,22H2,1-2H3. The molecule has 0 spiro atoms. The highest BCUT2D eigenvalue weighted by molar-refractivity contribution is 5.94. The number of rotatable bonds is 13. The number of hydrogen-bond donors (Lipinski definition) is 0. The molecule has 0 saturated carbocycles. The van der Waals surface area contributed by atoms with Gasteiger partial charge in [-0.15, -0.1) is 0 Å². The van der Waals surface area contributed by atoms with Crippen LogP contribution >= 0.6 is 0 Å². The molecule has 0 N–H and O–H groups in total. The van der Waals surface area contributed by atoms with Gasteiger partial charge < -0.3 is 9.64 Å². The van der Waals surface area contributed by atoms with Crippen molar-refractivity contribution in [2.75, 3.05) is 32.8 Å². The lowest BCUT2D eigenvalue weighted by atomic mass is 10.2. The van der Waals surface area contributed by atoms with Gasteiger partial charge in [-0.2, -0.15) is 0 Å². The Bertz CT molecular complexity index is 945. The van der Waals surface area contributed by atoms with Crippen molar-refractivity contribution in [3.05, 3.63) is 90.0 Å². The van der Waals surface area contributed by atoms with Crippen molar-refractivity contribution in [2.24, 2.45) is 0 Å². The van der Waals surface area contributed by atoms with Crippen LogP contribution < -0.4 is 4.74 Å². The molecule has 1 aromatic carbocycles. The van der Waals surface area contributed by atoms with Crippen LogP contribution in [0.4, 0.5) is 0 Å². The number of hydrogen-bond acceptors (Lipinski definition) is 5. The van der Waals surface area contributed by atoms with Crippen molar-refractivity contribution >= 4 is 5.91 Å². The number of aromatic nitrogens is 2. The van der Waals surface area contributed by atoms with E-state index >= 15 is 0 Å². The van der Waals surface area contributed by atoms with Gasteiger partial charge in [0.2, 0.25) is 0 Å². The molecular formula is C27H34N4O2. The summed E-state index contributed by atoms with van der Waals surface area (Å²) in [5, 5.41) is 0. The number of benzene rings is 1. The second-order valence-electron chi connectivity index (χ2n) is 7.95. The van der Waals surface area contributed by atoms with E-state index in [0.717, 1.165) is 38.2 Å². The molecule has 33 heavy (non-hydrogen) atoms. The second kappa shape index (κ2) is 13.3. The Morgan fingerprint density at radius 1 is 0.879 bits per heavy atom. The Balaban J connectivity index is 1.49. The van der Waals surface area contributed by atoms with E-state index in [9.17, 15) is 4.79 Å². The van der Waals surface area contributed by atoms with E-state index in [1.807, 2.05) is 73.9 Å². The number of carbonyl (C=O) groups excluding carboxylic acids is 1. The third kappa shape index (κ3) is 7.99. The average Bonchev–Trinajstić information content (AvgIpc) is 2.87. The van der Waals surface area contributed by atoms with Gasteiger partial charge in [0.1, 0.15) is 5.75 Å². The molecule has 0 aliphatic rings. The largest absolute Gasteiger partial charge is 0.494 e. The van der Waals surface area contributed by atoms with Gasteiger partial charge in [0.15, 0.2) is 0 Å². The van der Waals surface area contributed by atoms with Crippen LogP contribution in [-0.2, 0) is 13.0 Å². The monoisotopic (exact) mass is 446 g/mol. The topological polar surface area (TPSA) is 58.6 Å². The van der Waals surface area contributed by atoms with E-state index in [4.69, 9.17) is 4.74 Å². The Labute approximate surface area is 197 Å². The first-order valence-corrected chi connectivity index (χ1v) is 11.7. The van der Waals surface area contributed by atoms with Crippen molar-refractivity contribution in [2.45, 2.75) is 33.2 Å². The van der Waals surface area contributed by atoms with Crippen molar-refractivity contribution in [1.29, 1.82) is 0 Å². The van der Waals surface area contributed by atoms with Crippen LogP contribution in [-0.4, -0.2) is 58.5 Å². The molecule has 0 bridgehead atoms. The molecule has 0 saturated heterocycles. The van der Waals surface area contributed by atoms with E-state index in [0.29, 0.717) is 25.3 Å². The molecule has 6 nitrogen and oxygen atoms in total. The summed E-state index contributed by atoms with van der Waals surface area (Å²) in [4.78, 5) is 25.0. The minimum atomic E-state index is 0.0620. The lowest BCUT2D eigenvalue weighted by Crippen LogP contribution is -2.30. The van der Waals surface area contributed by atoms with Gasteiger partial charge in [-0.1, -0.05) is 6.07 Å². The molecule has 6 heteroatoms. The molecule has 3 rings (SSSR count). The van der Waals surface area contributed by atoms with E-state index in [1.165, 1.54) is 11.1 Å². The number of carbonyl (C=O) groups is 1. The first-order valence-electron chi connectivity index (χ1n) is 11.7. The Hall–Kier alpha value is -3.25. The second-order valence-corrected chi connectivity index (χ2v) is 7.95. The first kappa shape index (κ1) is 24.4. The van der Waals surface area contributed by atoms with Gasteiger partial charge in [0, 0.05) is 63.1 Å². The number of ether oxygens (including phenoxy) is 1. The maximum absolute atomic E-state index is 12.4. The van der Waals surface area contributed by atoms with Crippen LogP contribution in [0.5, 0.6) is 5.75 Å². The molecule has 0 radical (unpaired) electrons. The molecule has 0 aliphatic heterocycles. The number of amides is 1. The molecule has 1 amide bonds. The molecule has 0 atom stereocenters. The zero-order chi connectivity index (χ0) is 23.3. The Morgan fingerprint density at radius 3 is 2.30 bits per heavy atom. The highest BCUT2D eigenvalue weighted by Crippen LogP contribution is 2.14. The lowest BCUT2D eigenvalue weighted by molar-refractivity contribution is 0.0773. The minimum Gasteiger partial charge on any atom is -0.494 e. The quantitative estimate of drug-likeness (QED) is 0.363. The summed E-state index contributed by atoms with van der Waals surface area (Å²) in [6, 6.07) is 15.7. The maximum atomic E-state index is 12.4. The summed E-state index contributed by atoms with van der Waals surface area (Å²) < 4.78 is 5.95. The van der Waals surface area contributed by atoms with Crippen LogP contribution in [0.2, 0.25) is 0 Å². The van der Waals surface area contributed by atoms with Crippen molar-refractivity contribution in [3.8, 4) is 5.75 Å². The Morgan fingerprint density at radius 2 is 1.64 bits per heavy atom. The molecule has 0 aliphatic carbocycles. The van der Waals surface area contributed by atoms with Crippen LogP contribution in [0.1, 0.15) is 41.8 Å². The van der Waals surface area contributed by atoms with Crippen molar-refractivity contribution in [1.82, 2.24) is 19.8 Å². The average molecular weight is 447 g/mol. The minimum absolute atomic E-state index is 0.0620. The van der Waals surface area contributed by atoms with Gasteiger partial charge >= 0.3 is 0 Å². The molecule has 3 aromatic rings. The summed E-state index contributed by atoms with van der Waals surface area (Å²) in [5.41, 5.74) is 3.20. The summed E-state index contributed by atoms with van der Waals surface area (Å²) in [6.45, 7) is 8.81. The van der Waals surface area contributed by atoms with Gasteiger partial charge in [0.25, 0.3) is 5.91 Å². The van der Waals surface area contributed by atoms with Crippen molar-refractivity contribution < 1.29 is 9.53 Å². The van der Waals surface area contributed by atoms with Gasteiger partial charge in [-0.3, -0.25) is 19.7 Å². The van der Waals surface area contributed by atoms with Crippen LogP contribution in [0.3, 0.4) is 0 Å². The fraction of sp³-hybridized carbons (Fsp3) is 0.370. The fourth-order valence-electron chi connectivity index (χ4n) is 3.71. The maximum Gasteiger partial charge on any atom is 0.253 e. The summed E-state index contributed by atoms with van der Waals surface area (Å²) in [7, 11) is 0. The molecule has 2 aromatic heterocycles. The highest BCUT2D eigenvalue weighted by atomic mass is 16.5. The first-order chi connectivity index (χ1) is 16.2. The van der Waals surface area contributed by atoms with Crippen LogP contribution in [0.25, 0.3) is 0 Å². The molecule has 0 unspecified atom stereocenters. The smallest absolute Gasteiger partial charge is 0.253 e. The van der Waals surface area contributed by atoms with E-state index in [2.05, 4.69) is 33.1 Å². The third-order valence-electron chi connectivity index (χ3n) is 5.63. The predicted octanol–water partition coefficient (Wildman–Crippen LogP) is 4.47. The van der Waals surface area contributed by atoms with Crippen LogP contribution in [0, 0.1) is 0 Å². The van der Waals surface area contributed by atoms with Gasteiger partial charge in [0.05, 0.1) is 6.61 Å². The van der Waals surface area contributed by atoms with Crippen LogP contribution in [0.15, 0.2) is 73.3 Å². The molecule has 174 valence electrons. The number of nitrogens with zero attached hydrogens (tertiary/aromatic N) is 4. The predicted molar refractivity (Wildman–Crippen MR) is 131 cm³/mol. The number of pyridine rings is 2. The Kier molecular flexibility index (Phi) is 9.86. The highest BCUT2D eigenvalue weighted by Gasteiger charge is 2.12. The zero-order valence-electron chi connectivity index (χ0n) is 19.7. The summed E-state index contributed by atoms with van der Waals surface area (Å²) in [6.07, 6.45) is 9.29. The SMILES string of the molecule is CCN(CC)C(=O)c1ccc(OCCCN(CCc2cccnc2)Cc2ccncc2)cc1. The van der Waals surface area contributed by atoms with E-state index in [1.54, 1.807) is 0 Å². The van der Waals surface area contributed by atoms with Gasteiger partial charge in [-0.25, -0.2) is 0 Å². The molecule has 2 heterocycles. The zero-order valence-corrected chi connectivity index (χ0v) is 19.7. The van der Waals surface area contributed by atoms with E-state index in [-0.39, 0.29) is 5.91 Å². The normalized spacial score (nSPS) is 10.9. The fourth-order valence-corrected chi connectivity index (χ4v) is 3.71. The van der Waals surface area contributed by atoms with Crippen molar-refractivity contribution in [3.63, 3.8) is 0 Å². The lowest BCUT2D eigenvalue weighted by Gasteiger charge is -2.22. The molecular weight excluding hydrogens is 412 g/mol. The van der Waals surface area contributed by atoms with E-state index < -0.39 is 0 Å².